The number of hydrogen-bond acceptors (Lipinski definition) is 5. The van der Waals surface area contributed by atoms with Crippen LogP contribution >= 0.6 is 0 Å². The summed E-state index contributed by atoms with van der Waals surface area (Å²) in [5.41, 5.74) is 9.33. The van der Waals surface area contributed by atoms with Crippen LogP contribution in [0, 0.1) is 0 Å². The second kappa shape index (κ2) is 6.42. The van der Waals surface area contributed by atoms with Crippen molar-refractivity contribution in [1.29, 1.82) is 0 Å². The maximum Gasteiger partial charge on any atom is 0.306 e. The van der Waals surface area contributed by atoms with E-state index in [1.165, 1.54) is 0 Å². The minimum Gasteiger partial charge on any atom is -0.508 e. The summed E-state index contributed by atoms with van der Waals surface area (Å²) in [6, 6.07) is 18.9. The number of hydrogen-bond donors (Lipinski definition) is 2. The summed E-state index contributed by atoms with van der Waals surface area (Å²) in [6.07, 6.45) is 3.31. The topological polar surface area (TPSA) is 85.4 Å². The first-order chi connectivity index (χ1) is 13.7. The number of ether oxygens (including phenoxy) is 1. The van der Waals surface area contributed by atoms with Crippen molar-refractivity contribution in [2.75, 3.05) is 5.73 Å². The summed E-state index contributed by atoms with van der Waals surface area (Å²) in [5.74, 6) is 2.12. The van der Waals surface area contributed by atoms with Crippen molar-refractivity contribution in [2.45, 2.75) is 12.5 Å². The Labute approximate surface area is 161 Å². The van der Waals surface area contributed by atoms with E-state index in [-0.39, 0.29) is 11.7 Å². The van der Waals surface area contributed by atoms with E-state index >= 15 is 0 Å². The molecule has 6 heteroatoms. The smallest absolute Gasteiger partial charge is 0.306 e. The SMILES string of the molecule is Nc1c2c(nc[n+]1Cc1ccccc1)Oc1cc(O)ccc1[C@@H]2c1ccco1. The molecule has 5 rings (SSSR count). The van der Waals surface area contributed by atoms with Crippen LogP contribution in [0.5, 0.6) is 17.4 Å². The Morgan fingerprint density at radius 3 is 2.71 bits per heavy atom. The van der Waals surface area contributed by atoms with Gasteiger partial charge < -0.3 is 20.0 Å². The molecule has 0 spiro atoms. The second-order valence-electron chi connectivity index (χ2n) is 6.73. The molecular weight excluding hydrogens is 354 g/mol. The van der Waals surface area contributed by atoms with E-state index in [4.69, 9.17) is 14.9 Å². The maximum atomic E-state index is 9.86. The number of phenolic OH excluding ortho intramolecular Hbond substituents is 1. The first-order valence-electron chi connectivity index (χ1n) is 8.96. The van der Waals surface area contributed by atoms with Crippen LogP contribution in [0.3, 0.4) is 0 Å². The van der Waals surface area contributed by atoms with E-state index in [9.17, 15) is 5.11 Å². The van der Waals surface area contributed by atoms with Gasteiger partial charge in [-0.25, -0.2) is 4.57 Å². The molecule has 2 aromatic heterocycles. The molecule has 1 aliphatic heterocycles. The summed E-state index contributed by atoms with van der Waals surface area (Å²) < 4.78 is 13.6. The van der Waals surface area contributed by atoms with Gasteiger partial charge >= 0.3 is 5.88 Å². The van der Waals surface area contributed by atoms with Gasteiger partial charge in [-0.15, -0.1) is 0 Å². The quantitative estimate of drug-likeness (QED) is 0.473. The van der Waals surface area contributed by atoms with Crippen molar-refractivity contribution in [3.8, 4) is 17.4 Å². The molecule has 3 heterocycles. The van der Waals surface area contributed by atoms with E-state index in [1.54, 1.807) is 24.7 Å². The maximum absolute atomic E-state index is 9.86. The van der Waals surface area contributed by atoms with Crippen LogP contribution in [0.1, 0.15) is 28.4 Å². The Hall–Kier alpha value is -3.80. The van der Waals surface area contributed by atoms with Gasteiger partial charge in [0.2, 0.25) is 12.1 Å². The van der Waals surface area contributed by atoms with Gasteiger partial charge in [0.1, 0.15) is 22.8 Å². The third kappa shape index (κ3) is 2.66. The van der Waals surface area contributed by atoms with Gasteiger partial charge in [0.15, 0.2) is 0 Å². The number of nitrogens with two attached hydrogens (primary N) is 1. The molecule has 1 aliphatic rings. The fourth-order valence-corrected chi connectivity index (χ4v) is 3.64. The molecule has 0 saturated heterocycles. The summed E-state index contributed by atoms with van der Waals surface area (Å²) in [5, 5.41) is 9.86. The highest BCUT2D eigenvalue weighted by atomic mass is 16.5. The van der Waals surface area contributed by atoms with Crippen LogP contribution < -0.4 is 15.0 Å². The zero-order valence-electron chi connectivity index (χ0n) is 14.9. The van der Waals surface area contributed by atoms with Gasteiger partial charge in [-0.2, -0.15) is 0 Å². The number of benzene rings is 2. The Morgan fingerprint density at radius 1 is 1.07 bits per heavy atom. The number of anilines is 1. The number of aromatic hydroxyl groups is 1. The molecule has 6 nitrogen and oxygen atoms in total. The van der Waals surface area contributed by atoms with E-state index in [0.29, 0.717) is 24.0 Å². The van der Waals surface area contributed by atoms with Gasteiger partial charge in [0.25, 0.3) is 0 Å². The van der Waals surface area contributed by atoms with Crippen LogP contribution in [-0.4, -0.2) is 10.1 Å². The molecule has 138 valence electrons. The standard InChI is InChI=1S/C22H17N3O3/c23-21-20-19(17-7-4-10-27-17)16-9-8-15(26)11-18(16)28-22(20)24-13-25(21)12-14-5-2-1-3-6-14/h1-11,13,19,23,26H,12H2/p+1/t19-/m1/s1. The van der Waals surface area contributed by atoms with Crippen molar-refractivity contribution in [2.24, 2.45) is 0 Å². The van der Waals surface area contributed by atoms with E-state index in [0.717, 1.165) is 22.5 Å². The molecule has 1 atom stereocenters. The van der Waals surface area contributed by atoms with Gasteiger partial charge in [-0.05, 0) is 23.8 Å². The fraction of sp³-hybridized carbons (Fsp3) is 0.0909. The number of furan rings is 1. The number of nitrogens with zero attached hydrogens (tertiary/aromatic N) is 2. The highest BCUT2D eigenvalue weighted by Gasteiger charge is 2.37. The van der Waals surface area contributed by atoms with Crippen LogP contribution in [0.2, 0.25) is 0 Å². The van der Waals surface area contributed by atoms with Crippen molar-refractivity contribution >= 4 is 5.82 Å². The minimum absolute atomic E-state index is 0.128. The zero-order chi connectivity index (χ0) is 19.1. The Morgan fingerprint density at radius 2 is 1.93 bits per heavy atom. The minimum atomic E-state index is -0.273. The fourth-order valence-electron chi connectivity index (χ4n) is 3.64. The molecule has 0 radical (unpaired) electrons. The molecule has 0 amide bonds. The lowest BCUT2D eigenvalue weighted by Crippen LogP contribution is -2.40. The number of aromatic nitrogens is 2. The Balaban J connectivity index is 1.67. The third-order valence-electron chi connectivity index (χ3n) is 4.96. The summed E-state index contributed by atoms with van der Waals surface area (Å²) in [4.78, 5) is 4.50. The second-order valence-corrected chi connectivity index (χ2v) is 6.73. The normalized spacial score (nSPS) is 14.8. The van der Waals surface area contributed by atoms with Gasteiger partial charge in [-0.1, -0.05) is 41.4 Å². The molecule has 3 N–H and O–H groups in total. The summed E-state index contributed by atoms with van der Waals surface area (Å²) in [6.45, 7) is 0.597. The zero-order valence-corrected chi connectivity index (χ0v) is 14.9. The first kappa shape index (κ1) is 16.4. The number of nitrogen functional groups attached to an aromatic ring is 1. The number of rotatable bonds is 3. The van der Waals surface area contributed by atoms with Crippen LogP contribution in [0.25, 0.3) is 0 Å². The average molecular weight is 372 g/mol. The average Bonchev–Trinajstić information content (AvgIpc) is 3.24. The van der Waals surface area contributed by atoms with E-state index in [1.807, 2.05) is 53.1 Å². The van der Waals surface area contributed by atoms with E-state index < -0.39 is 0 Å². The van der Waals surface area contributed by atoms with Crippen LogP contribution in [0.15, 0.2) is 77.7 Å². The summed E-state index contributed by atoms with van der Waals surface area (Å²) >= 11 is 0. The van der Waals surface area contributed by atoms with E-state index in [2.05, 4.69) is 4.98 Å². The molecule has 0 fully saturated rings. The highest BCUT2D eigenvalue weighted by Crippen LogP contribution is 2.48. The largest absolute Gasteiger partial charge is 0.508 e. The molecule has 0 saturated carbocycles. The van der Waals surface area contributed by atoms with Crippen LogP contribution in [-0.2, 0) is 6.54 Å². The number of fused-ring (bicyclic) bond motifs is 2. The lowest BCUT2D eigenvalue weighted by Gasteiger charge is -2.25. The van der Waals surface area contributed by atoms with Crippen LogP contribution in [0.4, 0.5) is 5.82 Å². The molecule has 0 unspecified atom stereocenters. The molecule has 0 bridgehead atoms. The van der Waals surface area contributed by atoms with Crippen molar-refractivity contribution < 1.29 is 18.8 Å². The third-order valence-corrected chi connectivity index (χ3v) is 4.96. The predicted molar refractivity (Wildman–Crippen MR) is 102 cm³/mol. The molecule has 28 heavy (non-hydrogen) atoms. The predicted octanol–water partition coefficient (Wildman–Crippen LogP) is 3.58. The molecule has 2 aromatic carbocycles. The van der Waals surface area contributed by atoms with Gasteiger partial charge in [0.05, 0.1) is 18.7 Å². The Bertz CT molecular complexity index is 1140. The van der Waals surface area contributed by atoms with Gasteiger partial charge in [0, 0.05) is 11.6 Å². The Kier molecular flexibility index (Phi) is 3.76. The number of phenols is 1. The molecule has 0 aliphatic carbocycles. The van der Waals surface area contributed by atoms with Crippen molar-refractivity contribution in [3.63, 3.8) is 0 Å². The lowest BCUT2D eigenvalue weighted by molar-refractivity contribution is -0.677. The summed E-state index contributed by atoms with van der Waals surface area (Å²) in [7, 11) is 0. The first-order valence-corrected chi connectivity index (χ1v) is 8.96. The monoisotopic (exact) mass is 372 g/mol. The highest BCUT2D eigenvalue weighted by molar-refractivity contribution is 5.61. The van der Waals surface area contributed by atoms with Gasteiger partial charge in [-0.3, -0.25) is 0 Å². The van der Waals surface area contributed by atoms with Crippen molar-refractivity contribution in [1.82, 2.24) is 4.98 Å². The lowest BCUT2D eigenvalue weighted by atomic mass is 9.87. The molecular formula is C22H18N3O3+. The molecule has 4 aromatic rings. The van der Waals surface area contributed by atoms with Crippen molar-refractivity contribution in [3.05, 3.63) is 95.7 Å².